The van der Waals surface area contributed by atoms with Gasteiger partial charge in [0.15, 0.2) is 5.16 Å². The minimum absolute atomic E-state index is 0.0558. The molecule has 0 unspecified atom stereocenters. The standard InChI is InChI=1S/C19H15ClN4OS/c1-2-9-24-18(25)15-5-3-4-6-16(15)22-19(24)26-12-14-11-23-10-13(20)7-8-17(23)21-14/h2-8,10-11H,1,9,12H2. The van der Waals surface area contributed by atoms with Crippen LogP contribution in [-0.4, -0.2) is 18.9 Å². The molecule has 0 aliphatic heterocycles. The maximum Gasteiger partial charge on any atom is 0.262 e. The van der Waals surface area contributed by atoms with Gasteiger partial charge in [0.1, 0.15) is 5.65 Å². The molecule has 3 heterocycles. The quantitative estimate of drug-likeness (QED) is 0.295. The van der Waals surface area contributed by atoms with E-state index < -0.39 is 0 Å². The van der Waals surface area contributed by atoms with Gasteiger partial charge in [-0.1, -0.05) is 41.6 Å². The van der Waals surface area contributed by atoms with Gasteiger partial charge in [-0.25, -0.2) is 9.97 Å². The molecule has 0 saturated carbocycles. The smallest absolute Gasteiger partial charge is 0.262 e. The van der Waals surface area contributed by atoms with Crippen LogP contribution in [-0.2, 0) is 12.3 Å². The summed E-state index contributed by atoms with van der Waals surface area (Å²) in [5, 5.41) is 1.93. The topological polar surface area (TPSA) is 52.2 Å². The van der Waals surface area contributed by atoms with Gasteiger partial charge < -0.3 is 4.40 Å². The molecule has 4 aromatic rings. The van der Waals surface area contributed by atoms with E-state index in [1.165, 1.54) is 11.8 Å². The van der Waals surface area contributed by atoms with Crippen LogP contribution in [0.3, 0.4) is 0 Å². The number of para-hydroxylation sites is 1. The van der Waals surface area contributed by atoms with Gasteiger partial charge in [0.25, 0.3) is 5.56 Å². The summed E-state index contributed by atoms with van der Waals surface area (Å²) < 4.78 is 3.54. The third-order valence-corrected chi connectivity index (χ3v) is 5.19. The first-order valence-corrected chi connectivity index (χ1v) is 9.38. The third-order valence-electron chi connectivity index (χ3n) is 3.95. The van der Waals surface area contributed by atoms with Crippen LogP contribution < -0.4 is 5.56 Å². The molecule has 0 saturated heterocycles. The number of hydrogen-bond acceptors (Lipinski definition) is 4. The van der Waals surface area contributed by atoms with E-state index in [1.54, 1.807) is 16.7 Å². The number of imidazole rings is 1. The SMILES string of the molecule is C=CCn1c(SCc2cn3cc(Cl)ccc3n2)nc2ccccc2c1=O. The molecule has 7 heteroatoms. The summed E-state index contributed by atoms with van der Waals surface area (Å²) in [5.41, 5.74) is 2.37. The second-order valence-electron chi connectivity index (χ2n) is 5.75. The lowest BCUT2D eigenvalue weighted by Crippen LogP contribution is -2.22. The van der Waals surface area contributed by atoms with Crippen molar-refractivity contribution in [3.63, 3.8) is 0 Å². The lowest BCUT2D eigenvalue weighted by Gasteiger charge is -2.10. The summed E-state index contributed by atoms with van der Waals surface area (Å²) in [6, 6.07) is 11.1. The Bertz CT molecular complexity index is 1180. The van der Waals surface area contributed by atoms with Crippen molar-refractivity contribution in [1.29, 1.82) is 0 Å². The number of benzene rings is 1. The fraction of sp³-hybridized carbons (Fsp3) is 0.105. The van der Waals surface area contributed by atoms with Crippen LogP contribution in [0.4, 0.5) is 0 Å². The van der Waals surface area contributed by atoms with Crippen LogP contribution in [0.1, 0.15) is 5.69 Å². The largest absolute Gasteiger partial charge is 0.305 e. The van der Waals surface area contributed by atoms with E-state index in [-0.39, 0.29) is 5.56 Å². The van der Waals surface area contributed by atoms with Gasteiger partial charge in [0.05, 0.1) is 21.6 Å². The van der Waals surface area contributed by atoms with E-state index in [0.717, 1.165) is 11.3 Å². The highest BCUT2D eigenvalue weighted by Gasteiger charge is 2.12. The monoisotopic (exact) mass is 382 g/mol. The summed E-state index contributed by atoms with van der Waals surface area (Å²) in [6.07, 6.45) is 5.46. The van der Waals surface area contributed by atoms with Crippen LogP contribution in [0.2, 0.25) is 5.02 Å². The molecule has 26 heavy (non-hydrogen) atoms. The van der Waals surface area contributed by atoms with E-state index >= 15 is 0 Å². The van der Waals surface area contributed by atoms with Crippen molar-refractivity contribution in [3.05, 3.63) is 82.5 Å². The first-order valence-electron chi connectivity index (χ1n) is 8.02. The highest BCUT2D eigenvalue weighted by Crippen LogP contribution is 2.22. The van der Waals surface area contributed by atoms with Crippen LogP contribution in [0, 0.1) is 0 Å². The molecule has 1 aromatic carbocycles. The zero-order valence-electron chi connectivity index (χ0n) is 13.8. The Morgan fingerprint density at radius 1 is 1.15 bits per heavy atom. The predicted molar refractivity (Wildman–Crippen MR) is 106 cm³/mol. The highest BCUT2D eigenvalue weighted by molar-refractivity contribution is 7.98. The summed E-state index contributed by atoms with van der Waals surface area (Å²) in [5.74, 6) is 0.598. The van der Waals surface area contributed by atoms with Crippen LogP contribution in [0.25, 0.3) is 16.6 Å². The maximum absolute atomic E-state index is 12.8. The summed E-state index contributed by atoms with van der Waals surface area (Å²) in [7, 11) is 0. The number of halogens is 1. The molecular formula is C19H15ClN4OS. The molecule has 130 valence electrons. The first-order chi connectivity index (χ1) is 12.7. The number of rotatable bonds is 5. The Balaban J connectivity index is 1.70. The van der Waals surface area contributed by atoms with Crippen molar-refractivity contribution >= 4 is 39.9 Å². The maximum atomic E-state index is 12.8. The molecule has 0 aliphatic carbocycles. The van der Waals surface area contributed by atoms with Gasteiger partial charge >= 0.3 is 0 Å². The normalized spacial score (nSPS) is 11.3. The molecule has 5 nitrogen and oxygen atoms in total. The van der Waals surface area contributed by atoms with Crippen LogP contribution >= 0.6 is 23.4 Å². The second kappa shape index (κ2) is 6.97. The van der Waals surface area contributed by atoms with Gasteiger partial charge in [-0.3, -0.25) is 9.36 Å². The molecule has 3 aromatic heterocycles. The number of thioether (sulfide) groups is 1. The van der Waals surface area contributed by atoms with Crippen LogP contribution in [0.5, 0.6) is 0 Å². The Labute approximate surface area is 159 Å². The van der Waals surface area contributed by atoms with Gasteiger partial charge in [-0.05, 0) is 24.3 Å². The minimum Gasteiger partial charge on any atom is -0.305 e. The van der Waals surface area contributed by atoms with Crippen molar-refractivity contribution in [3.8, 4) is 0 Å². The third kappa shape index (κ3) is 3.13. The lowest BCUT2D eigenvalue weighted by atomic mass is 10.2. The molecule has 0 N–H and O–H groups in total. The van der Waals surface area contributed by atoms with Gasteiger partial charge in [-0.2, -0.15) is 0 Å². The summed E-state index contributed by atoms with van der Waals surface area (Å²) in [6.45, 7) is 4.17. The van der Waals surface area contributed by atoms with Gasteiger partial charge in [-0.15, -0.1) is 6.58 Å². The molecule has 0 fully saturated rings. The molecule has 4 rings (SSSR count). The number of aromatic nitrogens is 4. The predicted octanol–water partition coefficient (Wildman–Crippen LogP) is 4.18. The zero-order chi connectivity index (χ0) is 18.1. The van der Waals surface area contributed by atoms with Crippen molar-refractivity contribution in [2.45, 2.75) is 17.5 Å². The van der Waals surface area contributed by atoms with Gasteiger partial charge in [0, 0.05) is 24.7 Å². The van der Waals surface area contributed by atoms with Gasteiger partial charge in [0.2, 0.25) is 0 Å². The molecule has 0 spiro atoms. The lowest BCUT2D eigenvalue weighted by molar-refractivity contribution is 0.671. The van der Waals surface area contributed by atoms with E-state index in [4.69, 9.17) is 11.6 Å². The van der Waals surface area contributed by atoms with E-state index in [0.29, 0.717) is 33.4 Å². The fourth-order valence-corrected chi connectivity index (χ4v) is 3.83. The van der Waals surface area contributed by atoms with Crippen LogP contribution in [0.15, 0.2) is 71.4 Å². The van der Waals surface area contributed by atoms with Crippen molar-refractivity contribution < 1.29 is 0 Å². The average Bonchev–Trinajstić information content (AvgIpc) is 3.04. The minimum atomic E-state index is -0.0558. The number of nitrogens with zero attached hydrogens (tertiary/aromatic N) is 4. The van der Waals surface area contributed by atoms with E-state index in [9.17, 15) is 4.79 Å². The highest BCUT2D eigenvalue weighted by atomic mass is 35.5. The Kier molecular flexibility index (Phi) is 4.53. The second-order valence-corrected chi connectivity index (χ2v) is 7.13. The van der Waals surface area contributed by atoms with Crippen molar-refractivity contribution in [2.75, 3.05) is 0 Å². The molecule has 0 amide bonds. The fourth-order valence-electron chi connectivity index (χ4n) is 2.77. The average molecular weight is 383 g/mol. The number of fused-ring (bicyclic) bond motifs is 2. The molecular weight excluding hydrogens is 368 g/mol. The van der Waals surface area contributed by atoms with Crippen molar-refractivity contribution in [1.82, 2.24) is 18.9 Å². The molecule has 0 aliphatic rings. The van der Waals surface area contributed by atoms with E-state index in [2.05, 4.69) is 16.5 Å². The number of allylic oxidation sites excluding steroid dienone is 1. The zero-order valence-corrected chi connectivity index (χ0v) is 15.4. The van der Waals surface area contributed by atoms with E-state index in [1.807, 2.05) is 47.1 Å². The number of hydrogen-bond donors (Lipinski definition) is 0. The Morgan fingerprint density at radius 2 is 2.00 bits per heavy atom. The Morgan fingerprint density at radius 3 is 2.85 bits per heavy atom. The molecule has 0 atom stereocenters. The number of pyridine rings is 1. The molecule has 0 bridgehead atoms. The summed E-state index contributed by atoms with van der Waals surface area (Å²) >= 11 is 7.50. The van der Waals surface area contributed by atoms with Crippen molar-refractivity contribution in [2.24, 2.45) is 0 Å². The first kappa shape index (κ1) is 16.9. The Hall–Kier alpha value is -2.57. The molecule has 0 radical (unpaired) electrons. The summed E-state index contributed by atoms with van der Waals surface area (Å²) in [4.78, 5) is 22.0.